The molecule has 0 amide bonds. The first-order chi connectivity index (χ1) is 9.90. The van der Waals surface area contributed by atoms with Crippen LogP contribution in [-0.4, -0.2) is 22.2 Å². The van der Waals surface area contributed by atoms with E-state index in [1.54, 1.807) is 0 Å². The molecule has 0 radical (unpaired) electrons. The molecule has 0 bridgehead atoms. The summed E-state index contributed by atoms with van der Waals surface area (Å²) in [5.74, 6) is -0.858. The minimum Gasteiger partial charge on any atom is -0.478 e. The lowest BCUT2D eigenvalue weighted by atomic mass is 10.0. The lowest BCUT2D eigenvalue weighted by Gasteiger charge is -2.15. The van der Waals surface area contributed by atoms with Gasteiger partial charge in [-0.25, -0.2) is 4.79 Å². The number of aromatic nitrogens is 1. The first-order valence-corrected chi connectivity index (χ1v) is 7.46. The van der Waals surface area contributed by atoms with Crippen molar-refractivity contribution in [2.45, 2.75) is 46.6 Å². The lowest BCUT2D eigenvalue weighted by Crippen LogP contribution is -2.08. The van der Waals surface area contributed by atoms with Crippen LogP contribution in [0.3, 0.4) is 0 Å². The molecule has 0 spiro atoms. The smallest absolute Gasteiger partial charge is 0.338 e. The largest absolute Gasteiger partial charge is 0.478 e. The lowest BCUT2D eigenvalue weighted by molar-refractivity contribution is 0.0698. The maximum absolute atomic E-state index is 11.7. The normalized spacial score (nSPS) is 11.5. The maximum atomic E-state index is 11.7. The van der Waals surface area contributed by atoms with Crippen molar-refractivity contribution in [2.24, 2.45) is 5.73 Å². The van der Waals surface area contributed by atoms with Gasteiger partial charge in [0.1, 0.15) is 0 Å². The van der Waals surface area contributed by atoms with Crippen LogP contribution in [0.4, 0.5) is 0 Å². The van der Waals surface area contributed by atoms with Crippen molar-refractivity contribution < 1.29 is 9.90 Å². The molecule has 0 fully saturated rings. The van der Waals surface area contributed by atoms with Crippen molar-refractivity contribution in [3.63, 3.8) is 0 Å². The fraction of sp³-hybridized carbons (Fsp3) is 0.471. The van der Waals surface area contributed by atoms with Crippen LogP contribution in [-0.2, 0) is 6.42 Å². The second-order valence-corrected chi connectivity index (χ2v) is 5.88. The fourth-order valence-corrected chi connectivity index (χ4v) is 3.20. The van der Waals surface area contributed by atoms with E-state index in [2.05, 4.69) is 31.4 Å². The maximum Gasteiger partial charge on any atom is 0.338 e. The molecule has 1 heterocycles. The molecular formula is C17H24N2O2. The summed E-state index contributed by atoms with van der Waals surface area (Å²) in [7, 11) is 0. The zero-order valence-corrected chi connectivity index (χ0v) is 13.2. The molecule has 2 aromatic rings. The first kappa shape index (κ1) is 15.6. The van der Waals surface area contributed by atoms with Gasteiger partial charge in [0.05, 0.1) is 11.1 Å². The van der Waals surface area contributed by atoms with Crippen LogP contribution in [0.5, 0.6) is 0 Å². The summed E-state index contributed by atoms with van der Waals surface area (Å²) in [6, 6.07) is 4.18. The van der Waals surface area contributed by atoms with Crippen LogP contribution < -0.4 is 5.73 Å². The number of nitrogens with two attached hydrogens (primary N) is 1. The van der Waals surface area contributed by atoms with E-state index in [1.165, 1.54) is 5.56 Å². The zero-order valence-electron chi connectivity index (χ0n) is 13.2. The fourth-order valence-electron chi connectivity index (χ4n) is 3.20. The van der Waals surface area contributed by atoms with Crippen LogP contribution >= 0.6 is 0 Å². The highest BCUT2D eigenvalue weighted by atomic mass is 16.4. The van der Waals surface area contributed by atoms with Crippen molar-refractivity contribution in [1.29, 1.82) is 0 Å². The minimum atomic E-state index is -0.858. The van der Waals surface area contributed by atoms with Gasteiger partial charge in [0.2, 0.25) is 0 Å². The van der Waals surface area contributed by atoms with Gasteiger partial charge >= 0.3 is 5.97 Å². The highest BCUT2D eigenvalue weighted by molar-refractivity contribution is 6.05. The third-order valence-corrected chi connectivity index (χ3v) is 4.11. The molecule has 4 heteroatoms. The van der Waals surface area contributed by atoms with Crippen molar-refractivity contribution in [2.75, 3.05) is 6.54 Å². The Kier molecular flexibility index (Phi) is 4.37. The van der Waals surface area contributed by atoms with E-state index in [1.807, 2.05) is 13.0 Å². The summed E-state index contributed by atoms with van der Waals surface area (Å²) in [6.45, 7) is 8.76. The summed E-state index contributed by atoms with van der Waals surface area (Å²) in [6.07, 6.45) is 1.80. The number of aryl methyl sites for hydroxylation is 2. The third-order valence-electron chi connectivity index (χ3n) is 4.11. The van der Waals surface area contributed by atoms with E-state index >= 15 is 0 Å². The second-order valence-electron chi connectivity index (χ2n) is 5.88. The summed E-state index contributed by atoms with van der Waals surface area (Å²) >= 11 is 0. The monoisotopic (exact) mass is 288 g/mol. The molecule has 0 aliphatic rings. The minimum absolute atomic E-state index is 0.221. The highest BCUT2D eigenvalue weighted by Gasteiger charge is 2.22. The van der Waals surface area contributed by atoms with Crippen LogP contribution in [0.25, 0.3) is 10.9 Å². The van der Waals surface area contributed by atoms with E-state index in [4.69, 9.17) is 5.73 Å². The molecule has 0 atom stereocenters. The second kappa shape index (κ2) is 5.90. The number of carbonyl (C=O) groups is 1. The molecule has 21 heavy (non-hydrogen) atoms. The Morgan fingerprint density at radius 1 is 1.33 bits per heavy atom. The van der Waals surface area contributed by atoms with Gasteiger partial charge in [0.25, 0.3) is 0 Å². The number of benzene rings is 1. The number of fused-ring (bicyclic) bond motifs is 1. The summed E-state index contributed by atoms with van der Waals surface area (Å²) < 4.78 is 2.15. The van der Waals surface area contributed by atoms with Gasteiger partial charge in [-0.1, -0.05) is 12.1 Å². The SMILES string of the molecule is Cc1ccc2c(CCCN)c(C)n(C(C)C)c2c1C(=O)O. The van der Waals surface area contributed by atoms with Crippen LogP contribution in [0.2, 0.25) is 0 Å². The number of aromatic carboxylic acids is 1. The third kappa shape index (κ3) is 2.56. The van der Waals surface area contributed by atoms with Gasteiger partial charge in [-0.3, -0.25) is 0 Å². The molecular weight excluding hydrogens is 264 g/mol. The number of carboxylic acid groups (broad SMARTS) is 1. The topological polar surface area (TPSA) is 68.2 Å². The Bertz CT molecular complexity index is 684. The van der Waals surface area contributed by atoms with E-state index in [9.17, 15) is 9.90 Å². The van der Waals surface area contributed by atoms with E-state index in [0.29, 0.717) is 12.1 Å². The molecule has 1 aromatic heterocycles. The number of hydrogen-bond acceptors (Lipinski definition) is 2. The van der Waals surface area contributed by atoms with Crippen molar-refractivity contribution >= 4 is 16.9 Å². The Hall–Kier alpha value is -1.81. The van der Waals surface area contributed by atoms with Gasteiger partial charge in [-0.05, 0) is 58.2 Å². The molecule has 4 nitrogen and oxygen atoms in total. The molecule has 2 rings (SSSR count). The number of carboxylic acids is 1. The van der Waals surface area contributed by atoms with Crippen LogP contribution in [0.15, 0.2) is 12.1 Å². The number of rotatable bonds is 5. The molecule has 0 saturated carbocycles. The number of hydrogen-bond donors (Lipinski definition) is 2. The van der Waals surface area contributed by atoms with E-state index < -0.39 is 5.97 Å². The summed E-state index contributed by atoms with van der Waals surface area (Å²) in [4.78, 5) is 11.7. The van der Waals surface area contributed by atoms with Gasteiger partial charge in [0.15, 0.2) is 0 Å². The first-order valence-electron chi connectivity index (χ1n) is 7.46. The van der Waals surface area contributed by atoms with Crippen molar-refractivity contribution in [3.8, 4) is 0 Å². The molecule has 0 unspecified atom stereocenters. The van der Waals surface area contributed by atoms with E-state index in [-0.39, 0.29) is 6.04 Å². The van der Waals surface area contributed by atoms with Crippen LogP contribution in [0.1, 0.15) is 53.5 Å². The Labute approximate surface area is 125 Å². The average molecular weight is 288 g/mol. The number of nitrogens with zero attached hydrogens (tertiary/aromatic N) is 1. The quantitative estimate of drug-likeness (QED) is 0.885. The summed E-state index contributed by atoms with van der Waals surface area (Å²) in [5.41, 5.74) is 10.1. The van der Waals surface area contributed by atoms with Gasteiger partial charge in [-0.2, -0.15) is 0 Å². The molecule has 0 aliphatic carbocycles. The predicted octanol–water partition coefficient (Wildman–Crippen LogP) is 3.43. The molecule has 0 aliphatic heterocycles. The molecule has 1 aromatic carbocycles. The zero-order chi connectivity index (χ0) is 15.7. The highest BCUT2D eigenvalue weighted by Crippen LogP contribution is 2.33. The standard InChI is InChI=1S/C17H24N2O2/c1-10(2)19-12(4)13(6-5-9-18)14-8-7-11(3)15(16(14)19)17(20)21/h7-8,10H,5-6,9,18H2,1-4H3,(H,20,21). The molecule has 114 valence electrons. The van der Waals surface area contributed by atoms with Gasteiger partial charge < -0.3 is 15.4 Å². The predicted molar refractivity (Wildman–Crippen MR) is 86.1 cm³/mol. The van der Waals surface area contributed by atoms with Gasteiger partial charge in [0, 0.05) is 17.1 Å². The molecule has 0 saturated heterocycles. The molecule has 3 N–H and O–H groups in total. The average Bonchev–Trinajstić information content (AvgIpc) is 2.67. The van der Waals surface area contributed by atoms with Crippen molar-refractivity contribution in [3.05, 3.63) is 34.5 Å². The van der Waals surface area contributed by atoms with Crippen molar-refractivity contribution in [1.82, 2.24) is 4.57 Å². The summed E-state index contributed by atoms with van der Waals surface area (Å²) in [5, 5.41) is 10.7. The Morgan fingerprint density at radius 3 is 2.52 bits per heavy atom. The Balaban J connectivity index is 2.87. The van der Waals surface area contributed by atoms with Gasteiger partial charge in [-0.15, -0.1) is 0 Å². The van der Waals surface area contributed by atoms with E-state index in [0.717, 1.165) is 35.0 Å². The Morgan fingerprint density at radius 2 is 2.00 bits per heavy atom. The van der Waals surface area contributed by atoms with Crippen LogP contribution in [0, 0.1) is 13.8 Å².